The number of aromatic amines is 1. The summed E-state index contributed by atoms with van der Waals surface area (Å²) >= 11 is 0. The number of hydrogen-bond donors (Lipinski definition) is 4. The summed E-state index contributed by atoms with van der Waals surface area (Å²) in [6.45, 7) is 7.31. The number of halogens is 1. The number of H-pyrrole nitrogens is 1. The van der Waals surface area contributed by atoms with Gasteiger partial charge < -0.3 is 34.1 Å². The molecule has 4 N–H and O–H groups in total. The van der Waals surface area contributed by atoms with Crippen LogP contribution in [0.3, 0.4) is 0 Å². The number of nitrogens with zero attached hydrogens (tertiary/aromatic N) is 2. The summed E-state index contributed by atoms with van der Waals surface area (Å²) in [6.07, 6.45) is -5.70. The molecule has 0 spiro atoms. The molecule has 5 rings (SSSR count). The Morgan fingerprint density at radius 3 is 2.60 bits per heavy atom. The van der Waals surface area contributed by atoms with Crippen LogP contribution in [0.25, 0.3) is 27.5 Å². The number of aryl methyl sites for hydroxylation is 1. The van der Waals surface area contributed by atoms with Crippen LogP contribution in [-0.2, 0) is 30.2 Å². The highest BCUT2D eigenvalue weighted by Crippen LogP contribution is 2.37. The van der Waals surface area contributed by atoms with Gasteiger partial charge in [-0.25, -0.2) is 9.18 Å². The fourth-order valence-corrected chi connectivity index (χ4v) is 5.33. The van der Waals surface area contributed by atoms with E-state index in [0.717, 1.165) is 38.8 Å². The Hall–Kier alpha value is -4.10. The van der Waals surface area contributed by atoms with Gasteiger partial charge in [-0.3, -0.25) is 9.89 Å². The van der Waals surface area contributed by atoms with Crippen molar-refractivity contribution in [3.63, 3.8) is 0 Å². The lowest BCUT2D eigenvalue weighted by Gasteiger charge is -2.38. The van der Waals surface area contributed by atoms with E-state index >= 15 is 0 Å². The van der Waals surface area contributed by atoms with Gasteiger partial charge in [0.15, 0.2) is 6.10 Å². The molecule has 42 heavy (non-hydrogen) atoms. The Balaban J connectivity index is 1.43. The SMILES string of the molecule is C=CCOC(=O)[C@H]1O[C@@H](OC(=O)CCc2c(C(C)C)n(-c3ccc(F)cc3)c3cc4cn[nH]c4cc23)[C@H](O)[C@@H](O)[C@@H]1O. The number of rotatable bonds is 9. The molecule has 0 radical (unpaired) electrons. The third kappa shape index (κ3) is 5.53. The van der Waals surface area contributed by atoms with E-state index < -0.39 is 42.6 Å². The minimum Gasteiger partial charge on any atom is -0.459 e. The fourth-order valence-electron chi connectivity index (χ4n) is 5.33. The molecular weight excluding hydrogens is 549 g/mol. The highest BCUT2D eigenvalue weighted by Gasteiger charge is 2.49. The van der Waals surface area contributed by atoms with Crippen molar-refractivity contribution in [2.45, 2.75) is 63.3 Å². The van der Waals surface area contributed by atoms with Gasteiger partial charge in [-0.1, -0.05) is 26.5 Å². The number of ether oxygens (including phenoxy) is 3. The van der Waals surface area contributed by atoms with E-state index in [1.807, 2.05) is 30.5 Å². The van der Waals surface area contributed by atoms with E-state index in [-0.39, 0.29) is 31.2 Å². The standard InChI is InChI=1S/C30H32FN3O8/c1-4-11-40-29(39)28-26(37)25(36)27(38)30(42-28)41-23(35)10-9-19-20-13-21-16(14-32-33-21)12-22(20)34(24(19)15(2)3)18-7-5-17(31)6-8-18/h4-8,12-15,25-28,30,36-38H,1,9-11H2,2-3H3,(H,32,33)/t25-,26-,27+,28-,30+/m0/s1. The van der Waals surface area contributed by atoms with E-state index in [4.69, 9.17) is 14.2 Å². The van der Waals surface area contributed by atoms with Gasteiger partial charge in [0.2, 0.25) is 6.29 Å². The first kappa shape index (κ1) is 29.4. The lowest BCUT2D eigenvalue weighted by atomic mass is 9.98. The predicted molar refractivity (Wildman–Crippen MR) is 149 cm³/mol. The van der Waals surface area contributed by atoms with Gasteiger partial charge in [0.25, 0.3) is 0 Å². The number of carbonyl (C=O) groups excluding carboxylic acids is 2. The number of aliphatic hydroxyl groups is 3. The zero-order valence-corrected chi connectivity index (χ0v) is 23.1. The maximum Gasteiger partial charge on any atom is 0.338 e. The van der Waals surface area contributed by atoms with E-state index in [0.29, 0.717) is 0 Å². The summed E-state index contributed by atoms with van der Waals surface area (Å²) in [5.41, 5.74) is 4.19. The number of nitrogens with one attached hydrogen (secondary N) is 1. The Morgan fingerprint density at radius 2 is 1.90 bits per heavy atom. The van der Waals surface area contributed by atoms with Crippen molar-refractivity contribution in [1.29, 1.82) is 0 Å². The van der Waals surface area contributed by atoms with Crippen molar-refractivity contribution in [3.8, 4) is 5.69 Å². The zero-order valence-electron chi connectivity index (χ0n) is 23.1. The second-order valence-corrected chi connectivity index (χ2v) is 10.5. The maximum absolute atomic E-state index is 13.8. The lowest BCUT2D eigenvalue weighted by Crippen LogP contribution is -2.60. The van der Waals surface area contributed by atoms with Crippen LogP contribution < -0.4 is 0 Å². The Morgan fingerprint density at radius 1 is 1.17 bits per heavy atom. The first-order valence-corrected chi connectivity index (χ1v) is 13.5. The Labute approximate surface area is 240 Å². The molecule has 0 bridgehead atoms. The molecule has 1 saturated heterocycles. The molecule has 2 aromatic heterocycles. The highest BCUT2D eigenvalue weighted by molar-refractivity contribution is 5.98. The minimum atomic E-state index is -1.82. The second kappa shape index (κ2) is 12.0. The normalized spacial score (nSPS) is 22.5. The Kier molecular flexibility index (Phi) is 8.41. The number of aliphatic hydroxyl groups excluding tert-OH is 3. The molecule has 0 saturated carbocycles. The number of aromatic nitrogens is 3. The summed E-state index contributed by atoms with van der Waals surface area (Å²) in [6, 6.07) is 10.1. The smallest absolute Gasteiger partial charge is 0.338 e. The van der Waals surface area contributed by atoms with Crippen molar-refractivity contribution in [1.82, 2.24) is 14.8 Å². The fraction of sp³-hybridized carbons (Fsp3) is 0.367. The molecule has 0 unspecified atom stereocenters. The second-order valence-electron chi connectivity index (χ2n) is 10.5. The monoisotopic (exact) mass is 581 g/mol. The van der Waals surface area contributed by atoms with Crippen LogP contribution in [0.4, 0.5) is 4.39 Å². The van der Waals surface area contributed by atoms with Gasteiger partial charge in [0.05, 0.1) is 17.2 Å². The largest absolute Gasteiger partial charge is 0.459 e. The number of benzene rings is 2. The lowest BCUT2D eigenvalue weighted by molar-refractivity contribution is -0.287. The third-order valence-electron chi connectivity index (χ3n) is 7.28. The quantitative estimate of drug-likeness (QED) is 0.172. The van der Waals surface area contributed by atoms with Crippen molar-refractivity contribution < 1.29 is 43.5 Å². The maximum atomic E-state index is 13.8. The molecule has 11 nitrogen and oxygen atoms in total. The van der Waals surface area contributed by atoms with E-state index in [1.54, 1.807) is 18.3 Å². The van der Waals surface area contributed by atoms with Crippen LogP contribution >= 0.6 is 0 Å². The number of carbonyl (C=O) groups is 2. The first-order chi connectivity index (χ1) is 20.1. The average Bonchev–Trinajstić information content (AvgIpc) is 3.56. The van der Waals surface area contributed by atoms with Crippen molar-refractivity contribution in [2.24, 2.45) is 0 Å². The summed E-state index contributed by atoms with van der Waals surface area (Å²) < 4.78 is 31.4. The number of hydrogen-bond acceptors (Lipinski definition) is 9. The zero-order chi connectivity index (χ0) is 30.1. The molecule has 0 amide bonds. The molecule has 1 fully saturated rings. The van der Waals surface area contributed by atoms with Crippen molar-refractivity contribution >= 4 is 33.7 Å². The molecule has 12 heteroatoms. The summed E-state index contributed by atoms with van der Waals surface area (Å²) in [7, 11) is 0. The summed E-state index contributed by atoms with van der Waals surface area (Å²) in [5.74, 6) is -2.12. The summed E-state index contributed by atoms with van der Waals surface area (Å²) in [5, 5.41) is 39.7. The highest BCUT2D eigenvalue weighted by atomic mass is 19.1. The number of esters is 2. The van der Waals surface area contributed by atoms with Crippen LogP contribution in [0, 0.1) is 5.82 Å². The molecular formula is C30H32FN3O8. The van der Waals surface area contributed by atoms with Crippen molar-refractivity contribution in [2.75, 3.05) is 6.61 Å². The average molecular weight is 582 g/mol. The van der Waals surface area contributed by atoms with Crippen LogP contribution in [0.15, 0.2) is 55.3 Å². The molecule has 5 atom stereocenters. The van der Waals surface area contributed by atoms with Gasteiger partial charge >= 0.3 is 11.9 Å². The Bertz CT molecular complexity index is 1610. The molecule has 1 aliphatic heterocycles. The minimum absolute atomic E-state index is 0.00686. The molecule has 222 valence electrons. The number of fused-ring (bicyclic) bond motifs is 2. The van der Waals surface area contributed by atoms with Gasteiger partial charge in [0, 0.05) is 28.6 Å². The van der Waals surface area contributed by atoms with Crippen LogP contribution in [0.2, 0.25) is 0 Å². The van der Waals surface area contributed by atoms with E-state index in [1.165, 1.54) is 18.2 Å². The first-order valence-electron chi connectivity index (χ1n) is 13.5. The molecule has 0 aliphatic carbocycles. The molecule has 4 aromatic rings. The van der Waals surface area contributed by atoms with E-state index in [9.17, 15) is 29.3 Å². The molecule has 2 aromatic carbocycles. The topological polar surface area (TPSA) is 156 Å². The van der Waals surface area contributed by atoms with Gasteiger partial charge in [-0.2, -0.15) is 5.10 Å². The predicted octanol–water partition coefficient (Wildman–Crippen LogP) is 2.78. The van der Waals surface area contributed by atoms with Gasteiger partial charge in [-0.15, -0.1) is 0 Å². The summed E-state index contributed by atoms with van der Waals surface area (Å²) in [4.78, 5) is 25.3. The van der Waals surface area contributed by atoms with Gasteiger partial charge in [0.1, 0.15) is 30.7 Å². The van der Waals surface area contributed by atoms with Crippen LogP contribution in [-0.4, -0.2) is 79.3 Å². The van der Waals surface area contributed by atoms with Crippen molar-refractivity contribution in [3.05, 3.63) is 72.3 Å². The van der Waals surface area contributed by atoms with Crippen LogP contribution in [0.1, 0.15) is 37.4 Å². The molecule has 1 aliphatic rings. The van der Waals surface area contributed by atoms with Gasteiger partial charge in [-0.05, 0) is 54.3 Å². The molecule has 3 heterocycles. The third-order valence-corrected chi connectivity index (χ3v) is 7.28. The van der Waals surface area contributed by atoms with E-state index in [2.05, 4.69) is 16.8 Å². The van der Waals surface area contributed by atoms with Crippen LogP contribution in [0.5, 0.6) is 0 Å².